The van der Waals surface area contributed by atoms with Crippen LogP contribution >= 0.6 is 0 Å². The lowest BCUT2D eigenvalue weighted by atomic mass is 10.1. The molecule has 0 aliphatic rings. The van der Waals surface area contributed by atoms with Gasteiger partial charge in [-0.15, -0.1) is 0 Å². The highest BCUT2D eigenvalue weighted by Crippen LogP contribution is 2.14. The van der Waals surface area contributed by atoms with Crippen molar-refractivity contribution in [2.45, 2.75) is 32.2 Å². The van der Waals surface area contributed by atoms with E-state index < -0.39 is 29.1 Å². The highest BCUT2D eigenvalue weighted by molar-refractivity contribution is 7.89. The molecule has 0 saturated carbocycles. The van der Waals surface area contributed by atoms with Crippen molar-refractivity contribution in [3.63, 3.8) is 0 Å². The van der Waals surface area contributed by atoms with E-state index in [9.17, 15) is 18.0 Å². The van der Waals surface area contributed by atoms with E-state index in [2.05, 4.69) is 4.72 Å². The number of hydrogen-bond donors (Lipinski definition) is 1. The van der Waals surface area contributed by atoms with E-state index in [4.69, 9.17) is 4.74 Å². The average Bonchev–Trinajstić information content (AvgIpc) is 2.68. The first-order chi connectivity index (χ1) is 13.6. The van der Waals surface area contributed by atoms with Crippen molar-refractivity contribution >= 4 is 21.9 Å². The normalized spacial score (nSPS) is 11.2. The van der Waals surface area contributed by atoms with Crippen LogP contribution in [-0.4, -0.2) is 45.4 Å². The molecule has 0 atom stereocenters. The number of esters is 1. The fourth-order valence-electron chi connectivity index (χ4n) is 2.55. The van der Waals surface area contributed by atoms with Gasteiger partial charge >= 0.3 is 5.97 Å². The molecule has 156 valence electrons. The summed E-state index contributed by atoms with van der Waals surface area (Å²) >= 11 is 0. The Morgan fingerprint density at radius 2 is 1.69 bits per heavy atom. The molecule has 0 saturated heterocycles. The summed E-state index contributed by atoms with van der Waals surface area (Å²) in [5, 5.41) is 0. The summed E-state index contributed by atoms with van der Waals surface area (Å²) < 4.78 is 31.7. The zero-order chi connectivity index (χ0) is 21.6. The molecule has 0 aliphatic carbocycles. The van der Waals surface area contributed by atoms with Gasteiger partial charge in [-0.05, 0) is 55.2 Å². The Kier molecular flexibility index (Phi) is 7.53. The van der Waals surface area contributed by atoms with Gasteiger partial charge in [-0.2, -0.15) is 4.72 Å². The topological polar surface area (TPSA) is 92.8 Å². The Labute approximate surface area is 171 Å². The van der Waals surface area contributed by atoms with E-state index in [1.807, 2.05) is 45.0 Å². The van der Waals surface area contributed by atoms with Crippen LogP contribution in [0.4, 0.5) is 0 Å². The molecule has 0 aromatic heterocycles. The van der Waals surface area contributed by atoms with Gasteiger partial charge in [0.05, 0.1) is 4.90 Å². The minimum Gasteiger partial charge on any atom is -0.455 e. The maximum atomic E-state index is 12.3. The van der Waals surface area contributed by atoms with Crippen LogP contribution in [0.3, 0.4) is 0 Å². The summed E-state index contributed by atoms with van der Waals surface area (Å²) in [5.41, 5.74) is 3.86. The van der Waals surface area contributed by atoms with E-state index in [1.165, 1.54) is 17.0 Å². The quantitative estimate of drug-likeness (QED) is 0.663. The molecule has 2 rings (SSSR count). The molecule has 0 unspecified atom stereocenters. The Hall–Kier alpha value is -2.71. The summed E-state index contributed by atoms with van der Waals surface area (Å²) in [6.45, 7) is 5.03. The Bertz CT molecular complexity index is 1000. The molecule has 0 heterocycles. The SMILES string of the molecule is Cc1ccc(S(=O)(=O)NCC(=O)OCC(=O)N(C)Cc2ccccc2C)cc1C. The Morgan fingerprint density at radius 3 is 2.34 bits per heavy atom. The molecule has 29 heavy (non-hydrogen) atoms. The summed E-state index contributed by atoms with van der Waals surface area (Å²) in [4.78, 5) is 25.6. The fraction of sp³-hybridized carbons (Fsp3) is 0.333. The van der Waals surface area contributed by atoms with Gasteiger partial charge in [0.15, 0.2) is 6.61 Å². The highest BCUT2D eigenvalue weighted by atomic mass is 32.2. The molecule has 7 nitrogen and oxygen atoms in total. The first kappa shape index (κ1) is 22.6. The monoisotopic (exact) mass is 418 g/mol. The zero-order valence-electron chi connectivity index (χ0n) is 17.1. The first-order valence-corrected chi connectivity index (χ1v) is 10.6. The minimum absolute atomic E-state index is 0.0717. The minimum atomic E-state index is -3.84. The molecule has 1 N–H and O–H groups in total. The van der Waals surface area contributed by atoms with E-state index >= 15 is 0 Å². The zero-order valence-corrected chi connectivity index (χ0v) is 17.9. The predicted octanol–water partition coefficient (Wildman–Crippen LogP) is 2.09. The van der Waals surface area contributed by atoms with Crippen molar-refractivity contribution in [2.24, 2.45) is 0 Å². The lowest BCUT2D eigenvalue weighted by Crippen LogP contribution is -2.34. The molecular weight excluding hydrogens is 392 g/mol. The third-order valence-electron chi connectivity index (χ3n) is 4.65. The maximum absolute atomic E-state index is 12.3. The lowest BCUT2D eigenvalue weighted by Gasteiger charge is -2.18. The maximum Gasteiger partial charge on any atom is 0.321 e. The average molecular weight is 419 g/mol. The number of aryl methyl sites for hydroxylation is 3. The molecule has 0 aliphatic heterocycles. The van der Waals surface area contributed by atoms with Crippen LogP contribution in [0.15, 0.2) is 47.4 Å². The van der Waals surface area contributed by atoms with Gasteiger partial charge in [0.25, 0.3) is 5.91 Å². The third-order valence-corrected chi connectivity index (χ3v) is 6.05. The number of nitrogens with one attached hydrogen (secondary N) is 1. The van der Waals surface area contributed by atoms with Crippen molar-refractivity contribution < 1.29 is 22.7 Å². The summed E-state index contributed by atoms with van der Waals surface area (Å²) in [7, 11) is -2.23. The van der Waals surface area contributed by atoms with Gasteiger partial charge in [-0.3, -0.25) is 9.59 Å². The molecule has 0 fully saturated rings. The number of amides is 1. The van der Waals surface area contributed by atoms with Gasteiger partial charge in [-0.25, -0.2) is 8.42 Å². The van der Waals surface area contributed by atoms with Crippen LogP contribution in [-0.2, 0) is 30.9 Å². The van der Waals surface area contributed by atoms with Gasteiger partial charge in [-0.1, -0.05) is 30.3 Å². The van der Waals surface area contributed by atoms with E-state index in [0.29, 0.717) is 6.54 Å². The number of hydrogen-bond acceptors (Lipinski definition) is 5. The van der Waals surface area contributed by atoms with Crippen molar-refractivity contribution in [3.8, 4) is 0 Å². The van der Waals surface area contributed by atoms with Crippen LogP contribution in [0.25, 0.3) is 0 Å². The standard InChI is InChI=1S/C21H26N2O5S/c1-15-9-10-19(11-17(15)3)29(26,27)22-12-21(25)28-14-20(24)23(4)13-18-8-6-5-7-16(18)2/h5-11,22H,12-14H2,1-4H3. The van der Waals surface area contributed by atoms with Crippen molar-refractivity contribution in [2.75, 3.05) is 20.2 Å². The first-order valence-electron chi connectivity index (χ1n) is 9.11. The number of carbonyl (C=O) groups excluding carboxylic acids is 2. The molecule has 0 bridgehead atoms. The second-order valence-electron chi connectivity index (χ2n) is 6.91. The molecule has 2 aromatic rings. The van der Waals surface area contributed by atoms with Gasteiger partial charge < -0.3 is 9.64 Å². The van der Waals surface area contributed by atoms with Crippen LogP contribution in [0, 0.1) is 20.8 Å². The summed E-state index contributed by atoms with van der Waals surface area (Å²) in [5.74, 6) is -1.20. The van der Waals surface area contributed by atoms with Crippen LogP contribution in [0.2, 0.25) is 0 Å². The van der Waals surface area contributed by atoms with E-state index in [0.717, 1.165) is 22.3 Å². The lowest BCUT2D eigenvalue weighted by molar-refractivity contribution is -0.150. The number of likely N-dealkylation sites (N-methyl/N-ethyl adjacent to an activating group) is 1. The molecule has 0 spiro atoms. The van der Waals surface area contributed by atoms with Crippen LogP contribution in [0.5, 0.6) is 0 Å². The molecule has 0 radical (unpaired) electrons. The highest BCUT2D eigenvalue weighted by Gasteiger charge is 2.18. The van der Waals surface area contributed by atoms with Crippen LogP contribution < -0.4 is 4.72 Å². The van der Waals surface area contributed by atoms with Crippen molar-refractivity contribution in [3.05, 3.63) is 64.7 Å². The number of rotatable bonds is 8. The second-order valence-corrected chi connectivity index (χ2v) is 8.67. The molecule has 2 aromatic carbocycles. The van der Waals surface area contributed by atoms with Gasteiger partial charge in [0.1, 0.15) is 6.54 Å². The van der Waals surface area contributed by atoms with E-state index in [1.54, 1.807) is 13.1 Å². The molecule has 1 amide bonds. The second kappa shape index (κ2) is 9.67. The van der Waals surface area contributed by atoms with Gasteiger partial charge in [0, 0.05) is 13.6 Å². The largest absolute Gasteiger partial charge is 0.455 e. The Morgan fingerprint density at radius 1 is 1.00 bits per heavy atom. The summed E-state index contributed by atoms with van der Waals surface area (Å²) in [6, 6.07) is 12.4. The number of carbonyl (C=O) groups is 2. The Balaban J connectivity index is 1.83. The summed E-state index contributed by atoms with van der Waals surface area (Å²) in [6.07, 6.45) is 0. The number of ether oxygens (including phenoxy) is 1. The number of sulfonamides is 1. The fourth-order valence-corrected chi connectivity index (χ4v) is 3.61. The van der Waals surface area contributed by atoms with Crippen molar-refractivity contribution in [1.29, 1.82) is 0 Å². The number of benzene rings is 2. The molecular formula is C21H26N2O5S. The predicted molar refractivity (Wildman–Crippen MR) is 110 cm³/mol. The third kappa shape index (κ3) is 6.40. The van der Waals surface area contributed by atoms with Crippen LogP contribution in [0.1, 0.15) is 22.3 Å². The van der Waals surface area contributed by atoms with Crippen molar-refractivity contribution in [1.82, 2.24) is 9.62 Å². The molecule has 8 heteroatoms. The number of nitrogens with zero attached hydrogens (tertiary/aromatic N) is 1. The van der Waals surface area contributed by atoms with Gasteiger partial charge in [0.2, 0.25) is 10.0 Å². The smallest absolute Gasteiger partial charge is 0.321 e. The van der Waals surface area contributed by atoms with E-state index in [-0.39, 0.29) is 10.8 Å².